The van der Waals surface area contributed by atoms with Gasteiger partial charge in [-0.2, -0.15) is 5.26 Å². The van der Waals surface area contributed by atoms with E-state index in [9.17, 15) is 5.26 Å². The van der Waals surface area contributed by atoms with Gasteiger partial charge in [-0.15, -0.1) is 0 Å². The Morgan fingerprint density at radius 3 is 2.50 bits per heavy atom. The minimum absolute atomic E-state index is 0.276. The highest BCUT2D eigenvalue weighted by Crippen LogP contribution is 2.33. The van der Waals surface area contributed by atoms with E-state index >= 15 is 0 Å². The van der Waals surface area contributed by atoms with Gasteiger partial charge in [0.05, 0.1) is 6.07 Å². The average molecular weight is 223 g/mol. The second kappa shape index (κ2) is 5.65. The van der Waals surface area contributed by atoms with Crippen molar-refractivity contribution in [3.8, 4) is 6.07 Å². The molecule has 0 aliphatic heterocycles. The number of nitriles is 1. The van der Waals surface area contributed by atoms with Crippen LogP contribution in [0.3, 0.4) is 0 Å². The topological polar surface area (TPSA) is 39.1 Å². The summed E-state index contributed by atoms with van der Waals surface area (Å²) in [5.41, 5.74) is -0.276. The molecule has 0 spiro atoms. The molecule has 1 saturated carbocycles. The average Bonchev–Trinajstić information content (AvgIpc) is 2.64. The van der Waals surface area contributed by atoms with Crippen LogP contribution in [0.2, 0.25) is 0 Å². The highest BCUT2D eigenvalue weighted by atomic mass is 15.2. The van der Waals surface area contributed by atoms with Crippen LogP contribution < -0.4 is 5.32 Å². The maximum Gasteiger partial charge on any atom is 0.108 e. The zero-order chi connectivity index (χ0) is 12.2. The van der Waals surface area contributed by atoms with Crippen LogP contribution in [-0.4, -0.2) is 35.6 Å². The molecule has 0 aromatic rings. The molecule has 3 heteroatoms. The molecule has 16 heavy (non-hydrogen) atoms. The molecule has 1 N–H and O–H groups in total. The Kier molecular flexibility index (Phi) is 4.76. The molecule has 0 amide bonds. The zero-order valence-corrected chi connectivity index (χ0v) is 11.1. The van der Waals surface area contributed by atoms with Crippen LogP contribution in [0.25, 0.3) is 0 Å². The lowest BCUT2D eigenvalue weighted by molar-refractivity contribution is 0.211. The quantitative estimate of drug-likeness (QED) is 0.776. The molecule has 0 aromatic heterocycles. The van der Waals surface area contributed by atoms with E-state index in [0.717, 1.165) is 32.4 Å². The monoisotopic (exact) mass is 223 g/mol. The number of hydrogen-bond donors (Lipinski definition) is 1. The van der Waals surface area contributed by atoms with Crippen LogP contribution in [0, 0.1) is 11.3 Å². The molecule has 92 valence electrons. The third kappa shape index (κ3) is 2.96. The van der Waals surface area contributed by atoms with Gasteiger partial charge in [-0.1, -0.05) is 13.8 Å². The predicted molar refractivity (Wildman–Crippen MR) is 67.2 cm³/mol. The largest absolute Gasteiger partial charge is 0.301 e. The second-order valence-electron chi connectivity index (χ2n) is 5.11. The first-order valence-electron chi connectivity index (χ1n) is 6.50. The first kappa shape index (κ1) is 13.5. The Morgan fingerprint density at radius 1 is 1.44 bits per heavy atom. The van der Waals surface area contributed by atoms with Gasteiger partial charge in [0.25, 0.3) is 0 Å². The second-order valence-corrected chi connectivity index (χ2v) is 5.11. The Balaban J connectivity index is 2.64. The normalized spacial score (nSPS) is 29.9. The fraction of sp³-hybridized carbons (Fsp3) is 0.923. The molecule has 0 bridgehead atoms. The zero-order valence-electron chi connectivity index (χ0n) is 11.1. The summed E-state index contributed by atoms with van der Waals surface area (Å²) in [5, 5.41) is 12.8. The summed E-state index contributed by atoms with van der Waals surface area (Å²) in [6, 6.07) is 3.47. The van der Waals surface area contributed by atoms with Gasteiger partial charge < -0.3 is 4.90 Å². The fourth-order valence-corrected chi connectivity index (χ4v) is 2.89. The SMILES string of the molecule is CCN(CC)C1CCC(C#N)(NC(C)C)C1. The lowest BCUT2D eigenvalue weighted by Gasteiger charge is -2.29. The van der Waals surface area contributed by atoms with E-state index < -0.39 is 0 Å². The third-order valence-corrected chi connectivity index (χ3v) is 3.60. The highest BCUT2D eigenvalue weighted by Gasteiger charge is 2.41. The van der Waals surface area contributed by atoms with Crippen molar-refractivity contribution in [2.45, 2.75) is 64.6 Å². The van der Waals surface area contributed by atoms with Crippen molar-refractivity contribution in [1.82, 2.24) is 10.2 Å². The maximum atomic E-state index is 9.38. The number of nitrogens with one attached hydrogen (secondary N) is 1. The van der Waals surface area contributed by atoms with Gasteiger partial charge in [-0.3, -0.25) is 5.32 Å². The Bertz CT molecular complexity index is 252. The third-order valence-electron chi connectivity index (χ3n) is 3.60. The molecule has 1 rings (SSSR count). The van der Waals surface area contributed by atoms with E-state index in [1.165, 1.54) is 0 Å². The summed E-state index contributed by atoms with van der Waals surface area (Å²) >= 11 is 0. The van der Waals surface area contributed by atoms with Gasteiger partial charge in [0, 0.05) is 12.1 Å². The van der Waals surface area contributed by atoms with Crippen LogP contribution in [-0.2, 0) is 0 Å². The van der Waals surface area contributed by atoms with Crippen LogP contribution in [0.4, 0.5) is 0 Å². The van der Waals surface area contributed by atoms with E-state index in [1.54, 1.807) is 0 Å². The summed E-state index contributed by atoms with van der Waals surface area (Å²) in [7, 11) is 0. The summed E-state index contributed by atoms with van der Waals surface area (Å²) in [6.45, 7) is 10.8. The molecule has 2 unspecified atom stereocenters. The maximum absolute atomic E-state index is 9.38. The van der Waals surface area contributed by atoms with Gasteiger partial charge in [0.2, 0.25) is 0 Å². The Hall–Kier alpha value is -0.590. The van der Waals surface area contributed by atoms with Crippen LogP contribution in [0.1, 0.15) is 47.0 Å². The first-order valence-corrected chi connectivity index (χ1v) is 6.50. The standard InChI is InChI=1S/C13H25N3/c1-5-16(6-2)12-7-8-13(9-12,10-14)15-11(3)4/h11-12,15H,5-9H2,1-4H3. The number of hydrogen-bond acceptors (Lipinski definition) is 3. The minimum atomic E-state index is -0.276. The lowest BCUT2D eigenvalue weighted by atomic mass is 9.98. The van der Waals surface area contributed by atoms with E-state index in [0.29, 0.717) is 12.1 Å². The van der Waals surface area contributed by atoms with Gasteiger partial charge in [0.1, 0.15) is 5.54 Å². The molecular weight excluding hydrogens is 198 g/mol. The summed E-state index contributed by atoms with van der Waals surface area (Å²) < 4.78 is 0. The van der Waals surface area contributed by atoms with Gasteiger partial charge in [0.15, 0.2) is 0 Å². The van der Waals surface area contributed by atoms with Crippen molar-refractivity contribution in [3.05, 3.63) is 0 Å². The van der Waals surface area contributed by atoms with Gasteiger partial charge in [-0.05, 0) is 46.2 Å². The molecule has 0 aromatic carbocycles. The Labute approximate surface area is 99.8 Å². The molecule has 1 aliphatic rings. The Morgan fingerprint density at radius 2 is 2.06 bits per heavy atom. The van der Waals surface area contributed by atoms with Crippen molar-refractivity contribution in [2.75, 3.05) is 13.1 Å². The molecule has 2 atom stereocenters. The number of rotatable bonds is 5. The van der Waals surface area contributed by atoms with Crippen molar-refractivity contribution < 1.29 is 0 Å². The molecule has 3 nitrogen and oxygen atoms in total. The van der Waals surface area contributed by atoms with Crippen LogP contribution >= 0.6 is 0 Å². The lowest BCUT2D eigenvalue weighted by Crippen LogP contribution is -2.47. The van der Waals surface area contributed by atoms with E-state index in [-0.39, 0.29) is 5.54 Å². The van der Waals surface area contributed by atoms with Crippen molar-refractivity contribution in [2.24, 2.45) is 0 Å². The summed E-state index contributed by atoms with van der Waals surface area (Å²) in [6.07, 6.45) is 3.11. The van der Waals surface area contributed by atoms with E-state index in [2.05, 4.69) is 44.0 Å². The molecule has 1 fully saturated rings. The molecule has 0 radical (unpaired) electrons. The van der Waals surface area contributed by atoms with E-state index in [1.807, 2.05) is 0 Å². The molecule has 0 heterocycles. The van der Waals surface area contributed by atoms with Crippen molar-refractivity contribution in [1.29, 1.82) is 5.26 Å². The van der Waals surface area contributed by atoms with Crippen molar-refractivity contribution >= 4 is 0 Å². The first-order chi connectivity index (χ1) is 7.56. The summed E-state index contributed by atoms with van der Waals surface area (Å²) in [5.74, 6) is 0. The van der Waals surface area contributed by atoms with Crippen LogP contribution in [0.15, 0.2) is 0 Å². The van der Waals surface area contributed by atoms with E-state index in [4.69, 9.17) is 0 Å². The molecule has 0 saturated heterocycles. The molecular formula is C13H25N3. The van der Waals surface area contributed by atoms with Gasteiger partial charge in [-0.25, -0.2) is 0 Å². The smallest absolute Gasteiger partial charge is 0.108 e. The van der Waals surface area contributed by atoms with Gasteiger partial charge >= 0.3 is 0 Å². The van der Waals surface area contributed by atoms with Crippen LogP contribution in [0.5, 0.6) is 0 Å². The summed E-state index contributed by atoms with van der Waals surface area (Å²) in [4.78, 5) is 2.47. The van der Waals surface area contributed by atoms with Crippen molar-refractivity contribution in [3.63, 3.8) is 0 Å². The molecule has 1 aliphatic carbocycles. The fourth-order valence-electron chi connectivity index (χ4n) is 2.89. The predicted octanol–water partition coefficient (Wildman–Crippen LogP) is 2.14. The minimum Gasteiger partial charge on any atom is -0.301 e. The highest BCUT2D eigenvalue weighted by molar-refractivity contribution is 5.13. The number of nitrogens with zero attached hydrogens (tertiary/aromatic N) is 2.